The molecule has 1 aromatic heterocycles. The molecule has 0 aliphatic carbocycles. The first-order valence-corrected chi connectivity index (χ1v) is 4.66. The maximum absolute atomic E-state index is 5.90. The van der Waals surface area contributed by atoms with Crippen molar-refractivity contribution in [1.82, 2.24) is 15.0 Å². The van der Waals surface area contributed by atoms with Crippen LogP contribution in [0.3, 0.4) is 0 Å². The molecule has 4 heteroatoms. The average Bonchev–Trinajstić information content (AvgIpc) is 2.50. The molecule has 0 aromatic carbocycles. The zero-order chi connectivity index (χ0) is 10.1. The van der Waals surface area contributed by atoms with Crippen LogP contribution in [0.15, 0.2) is 6.20 Å². The minimum Gasteiger partial charge on any atom is -0.320 e. The van der Waals surface area contributed by atoms with Gasteiger partial charge in [-0.1, -0.05) is 12.1 Å². The van der Waals surface area contributed by atoms with Crippen LogP contribution in [0.25, 0.3) is 0 Å². The Labute approximate surface area is 79.1 Å². The van der Waals surface area contributed by atoms with Crippen molar-refractivity contribution in [2.75, 3.05) is 0 Å². The highest BCUT2D eigenvalue weighted by atomic mass is 15.4. The van der Waals surface area contributed by atoms with Crippen LogP contribution in [-0.2, 0) is 5.54 Å². The van der Waals surface area contributed by atoms with E-state index >= 15 is 0 Å². The first-order valence-electron chi connectivity index (χ1n) is 4.66. The lowest BCUT2D eigenvalue weighted by Crippen LogP contribution is -2.29. The Bertz CT molecular complexity index is 271. The van der Waals surface area contributed by atoms with Crippen molar-refractivity contribution in [1.29, 1.82) is 0 Å². The van der Waals surface area contributed by atoms with Crippen molar-refractivity contribution < 1.29 is 0 Å². The topological polar surface area (TPSA) is 56.7 Å². The second kappa shape index (κ2) is 3.46. The molecule has 4 nitrogen and oxygen atoms in total. The van der Waals surface area contributed by atoms with Crippen LogP contribution < -0.4 is 5.73 Å². The van der Waals surface area contributed by atoms with E-state index in [2.05, 4.69) is 24.2 Å². The molecular formula is C9H18N4. The fraction of sp³-hybridized carbons (Fsp3) is 0.778. The molecule has 0 amide bonds. The Balaban J connectivity index is 2.87. The molecule has 0 saturated carbocycles. The van der Waals surface area contributed by atoms with Gasteiger partial charge in [0.05, 0.1) is 17.8 Å². The first kappa shape index (κ1) is 10.2. The van der Waals surface area contributed by atoms with Crippen LogP contribution >= 0.6 is 0 Å². The van der Waals surface area contributed by atoms with Crippen LogP contribution in [0.2, 0.25) is 0 Å². The second-order valence-electron chi connectivity index (χ2n) is 4.06. The number of aromatic nitrogens is 3. The maximum atomic E-state index is 5.90. The second-order valence-corrected chi connectivity index (χ2v) is 4.06. The molecule has 0 aliphatic rings. The van der Waals surface area contributed by atoms with Crippen molar-refractivity contribution >= 4 is 0 Å². The number of hydrogen-bond donors (Lipinski definition) is 1. The van der Waals surface area contributed by atoms with Gasteiger partial charge in [0.15, 0.2) is 0 Å². The Morgan fingerprint density at radius 3 is 2.62 bits per heavy atom. The molecular weight excluding hydrogens is 164 g/mol. The summed E-state index contributed by atoms with van der Waals surface area (Å²) < 4.78 is 1.87. The number of rotatable bonds is 3. The third-order valence-electron chi connectivity index (χ3n) is 2.21. The minimum absolute atomic E-state index is 0.392. The summed E-state index contributed by atoms with van der Waals surface area (Å²) >= 11 is 0. The highest BCUT2D eigenvalue weighted by molar-refractivity contribution is 5.05. The van der Waals surface area contributed by atoms with Crippen LogP contribution in [0, 0.1) is 0 Å². The summed E-state index contributed by atoms with van der Waals surface area (Å²) in [5, 5.41) is 8.08. The van der Waals surface area contributed by atoms with Gasteiger partial charge in [-0.3, -0.25) is 0 Å². The molecule has 1 atom stereocenters. The summed E-state index contributed by atoms with van der Waals surface area (Å²) in [6, 6.07) is 0.392. The summed E-state index contributed by atoms with van der Waals surface area (Å²) in [4.78, 5) is 0. The largest absolute Gasteiger partial charge is 0.320 e. The van der Waals surface area contributed by atoms with Gasteiger partial charge in [-0.05, 0) is 27.2 Å². The van der Waals surface area contributed by atoms with E-state index in [1.165, 1.54) is 0 Å². The molecule has 74 valence electrons. The van der Waals surface area contributed by atoms with E-state index in [1.807, 2.05) is 24.7 Å². The van der Waals surface area contributed by atoms with E-state index < -0.39 is 5.54 Å². The Hall–Kier alpha value is -0.900. The first-order chi connectivity index (χ1) is 5.95. The lowest BCUT2D eigenvalue weighted by molar-refractivity contribution is 0.464. The predicted octanol–water partition coefficient (Wildman–Crippen LogP) is 1.44. The van der Waals surface area contributed by atoms with E-state index in [0.29, 0.717) is 6.04 Å². The zero-order valence-corrected chi connectivity index (χ0v) is 8.78. The predicted molar refractivity (Wildman–Crippen MR) is 52.2 cm³/mol. The van der Waals surface area contributed by atoms with Crippen molar-refractivity contribution in [3.63, 3.8) is 0 Å². The third kappa shape index (κ3) is 2.28. The Morgan fingerprint density at radius 1 is 1.62 bits per heavy atom. The highest BCUT2D eigenvalue weighted by Gasteiger charge is 2.19. The van der Waals surface area contributed by atoms with Crippen LogP contribution in [0.5, 0.6) is 0 Å². The summed E-state index contributed by atoms with van der Waals surface area (Å²) in [5.74, 6) is 0. The molecule has 0 saturated heterocycles. The van der Waals surface area contributed by atoms with Crippen molar-refractivity contribution in [2.24, 2.45) is 5.73 Å². The average molecular weight is 182 g/mol. The number of nitrogens with zero attached hydrogens (tertiary/aromatic N) is 3. The monoisotopic (exact) mass is 182 g/mol. The van der Waals surface area contributed by atoms with Crippen LogP contribution in [0.1, 0.15) is 45.9 Å². The zero-order valence-electron chi connectivity index (χ0n) is 8.78. The maximum Gasteiger partial charge on any atom is 0.102 e. The van der Waals surface area contributed by atoms with Gasteiger partial charge in [0, 0.05) is 0 Å². The van der Waals surface area contributed by atoms with Crippen LogP contribution in [0.4, 0.5) is 0 Å². The molecule has 1 heterocycles. The van der Waals surface area contributed by atoms with Gasteiger partial charge >= 0.3 is 0 Å². The SMILES string of the molecule is CCC(C)n1cc(C(C)(C)N)nn1. The summed E-state index contributed by atoms with van der Waals surface area (Å²) in [6.07, 6.45) is 2.97. The van der Waals surface area contributed by atoms with Crippen molar-refractivity contribution in [3.8, 4) is 0 Å². The van der Waals surface area contributed by atoms with E-state index in [0.717, 1.165) is 12.1 Å². The molecule has 13 heavy (non-hydrogen) atoms. The van der Waals surface area contributed by atoms with Crippen LogP contribution in [-0.4, -0.2) is 15.0 Å². The molecule has 0 aliphatic heterocycles. The summed E-state index contributed by atoms with van der Waals surface area (Å²) in [5.41, 5.74) is 6.34. The normalized spacial score (nSPS) is 14.5. The van der Waals surface area contributed by atoms with Gasteiger partial charge in [-0.15, -0.1) is 5.10 Å². The molecule has 1 aromatic rings. The number of hydrogen-bond acceptors (Lipinski definition) is 3. The van der Waals surface area contributed by atoms with E-state index in [-0.39, 0.29) is 0 Å². The lowest BCUT2D eigenvalue weighted by Gasteiger charge is -2.13. The quantitative estimate of drug-likeness (QED) is 0.769. The Morgan fingerprint density at radius 2 is 2.23 bits per heavy atom. The third-order valence-corrected chi connectivity index (χ3v) is 2.21. The summed E-state index contributed by atoms with van der Waals surface area (Å²) in [7, 11) is 0. The van der Waals surface area contributed by atoms with Crippen molar-refractivity contribution in [2.45, 2.75) is 45.7 Å². The van der Waals surface area contributed by atoms with Gasteiger partial charge in [-0.2, -0.15) is 0 Å². The molecule has 0 spiro atoms. The van der Waals surface area contributed by atoms with Gasteiger partial charge < -0.3 is 5.73 Å². The fourth-order valence-corrected chi connectivity index (χ4v) is 0.974. The summed E-state index contributed by atoms with van der Waals surface area (Å²) in [6.45, 7) is 8.09. The highest BCUT2D eigenvalue weighted by Crippen LogP contribution is 2.15. The molecule has 0 fully saturated rings. The number of nitrogens with two attached hydrogens (primary N) is 1. The van der Waals surface area contributed by atoms with E-state index in [4.69, 9.17) is 5.73 Å². The minimum atomic E-state index is -0.397. The molecule has 1 unspecified atom stereocenters. The standard InChI is InChI=1S/C9H18N4/c1-5-7(2)13-6-8(11-12-13)9(3,4)10/h6-7H,5,10H2,1-4H3. The van der Waals surface area contributed by atoms with E-state index in [9.17, 15) is 0 Å². The Kier molecular flexibility index (Phi) is 2.71. The fourth-order valence-electron chi connectivity index (χ4n) is 0.974. The smallest absolute Gasteiger partial charge is 0.102 e. The van der Waals surface area contributed by atoms with Gasteiger partial charge in [0.1, 0.15) is 5.69 Å². The lowest BCUT2D eigenvalue weighted by atomic mass is 10.0. The van der Waals surface area contributed by atoms with Crippen molar-refractivity contribution in [3.05, 3.63) is 11.9 Å². The van der Waals surface area contributed by atoms with Gasteiger partial charge in [0.25, 0.3) is 0 Å². The van der Waals surface area contributed by atoms with E-state index in [1.54, 1.807) is 0 Å². The molecule has 2 N–H and O–H groups in total. The van der Waals surface area contributed by atoms with Gasteiger partial charge in [0.2, 0.25) is 0 Å². The van der Waals surface area contributed by atoms with Gasteiger partial charge in [-0.25, -0.2) is 4.68 Å². The molecule has 0 radical (unpaired) electrons. The molecule has 0 bridgehead atoms. The molecule has 1 rings (SSSR count).